The molecule has 0 bridgehead atoms. The van der Waals surface area contributed by atoms with Crippen LogP contribution in [0.2, 0.25) is 0 Å². The number of aromatic nitrogens is 3. The van der Waals surface area contributed by atoms with Crippen molar-refractivity contribution in [3.63, 3.8) is 0 Å². The van der Waals surface area contributed by atoms with Gasteiger partial charge in [0.25, 0.3) is 0 Å². The van der Waals surface area contributed by atoms with Crippen LogP contribution < -0.4 is 0 Å². The molecule has 0 amide bonds. The van der Waals surface area contributed by atoms with Crippen molar-refractivity contribution in [2.45, 2.75) is 0 Å². The van der Waals surface area contributed by atoms with Gasteiger partial charge in [-0.1, -0.05) is 181 Å². The topological polar surface area (TPSA) is 38.7 Å². The van der Waals surface area contributed by atoms with Crippen molar-refractivity contribution in [3.8, 4) is 78.7 Å². The molecule has 0 aliphatic carbocycles. The smallest absolute Gasteiger partial charge is 0.164 e. The zero-order chi connectivity index (χ0) is 65.3. The molecule has 0 saturated carbocycles. The van der Waals surface area contributed by atoms with E-state index in [1.54, 1.807) is 0 Å². The highest BCUT2D eigenvalue weighted by Crippen LogP contribution is 2.48. The van der Waals surface area contributed by atoms with Crippen LogP contribution in [-0.2, 0) is 0 Å². The van der Waals surface area contributed by atoms with E-state index in [4.69, 9.17) is 32.9 Å². The van der Waals surface area contributed by atoms with E-state index in [2.05, 4.69) is 15.0 Å². The van der Waals surface area contributed by atoms with Gasteiger partial charge in [-0.25, -0.2) is 15.0 Å². The summed E-state index contributed by atoms with van der Waals surface area (Å²) in [7, 11) is 0. The van der Waals surface area contributed by atoms with Gasteiger partial charge in [0.05, 0.1) is 45.2 Å². The number of nitrogens with zero attached hydrogens (tertiary/aromatic N) is 3. The molecule has 0 unspecified atom stereocenters. The summed E-state index contributed by atoms with van der Waals surface area (Å²) in [6, 6.07) is -32.6. The van der Waals surface area contributed by atoms with E-state index in [1.807, 2.05) is 0 Å². The summed E-state index contributed by atoms with van der Waals surface area (Å²) in [4.78, 5) is 13.2. The molecule has 258 valence electrons. The van der Waals surface area contributed by atoms with Crippen LogP contribution in [0.1, 0.15) is 45.2 Å². The maximum atomic E-state index is 9.98. The van der Waals surface area contributed by atoms with Crippen LogP contribution in [0, 0.1) is 0 Å². The average Bonchev–Trinajstić information content (AvgIpc) is 1.44. The quantitative estimate of drug-likeness (QED) is 0.163. The molecular weight excluding hydrogens is 687 g/mol. The molecule has 0 aliphatic rings. The first-order chi connectivity index (χ1) is 41.0. The van der Waals surface area contributed by atoms with Crippen LogP contribution in [0.15, 0.2) is 199 Å². The van der Waals surface area contributed by atoms with E-state index in [9.17, 15) is 12.3 Å². The average molecular weight is 753 g/mol. The minimum absolute atomic E-state index is 0.354. The minimum Gasteiger partial charge on any atom is -0.208 e. The first kappa shape index (κ1) is 13.1. The molecule has 10 rings (SSSR count). The number of rotatable bonds is 7. The summed E-state index contributed by atoms with van der Waals surface area (Å²) >= 11 is 0.354. The largest absolute Gasteiger partial charge is 0.208 e. The lowest BCUT2D eigenvalue weighted by Crippen LogP contribution is -2.00. The Morgan fingerprint density at radius 3 is 1.24 bits per heavy atom. The molecule has 0 saturated heterocycles. The highest BCUT2D eigenvalue weighted by Gasteiger charge is 2.21. The van der Waals surface area contributed by atoms with E-state index in [0.717, 1.165) is 0 Å². The summed E-state index contributed by atoms with van der Waals surface area (Å²) < 4.78 is 293. The zero-order valence-corrected chi connectivity index (χ0v) is 28.1. The summed E-state index contributed by atoms with van der Waals surface area (Å²) in [6.07, 6.45) is 0. The van der Waals surface area contributed by atoms with Gasteiger partial charge in [-0.05, 0) is 62.6 Å². The molecule has 0 radical (unpaired) electrons. The fourth-order valence-electron chi connectivity index (χ4n) is 5.49. The minimum atomic E-state index is -1.13. The Balaban J connectivity index is 1.49. The molecule has 0 atom stereocenters. The first-order valence-corrected chi connectivity index (χ1v) is 16.6. The molecule has 0 spiro atoms. The molecule has 55 heavy (non-hydrogen) atoms. The van der Waals surface area contributed by atoms with Gasteiger partial charge in [0.15, 0.2) is 17.5 Å². The number of fused-ring (bicyclic) bond motifs is 3. The number of benzene rings is 8. The van der Waals surface area contributed by atoms with E-state index in [1.165, 1.54) is 0 Å². The van der Waals surface area contributed by atoms with Gasteiger partial charge >= 0.3 is 0 Å². The Labute approximate surface area is 370 Å². The predicted octanol–water partition coefficient (Wildman–Crippen LogP) is 13.9. The standard InChI is InChI=1S/C51H33N3S/c1-5-16-34(17-6-1)38-24-13-26-40(32-38)42-28-15-29-44-46-45(51-53-49(36-20-9-3-10-21-36)52-50(54-51)37-22-11-4-12-23-37)31-30-43(48(46)55-47(42)44)41-27-14-25-39(33-41)35-18-7-2-8-19-35/h1-33H/i1D,2D,3D,4D,5D,6D,7D,8D,9D,10D,11D,12D,13D,14D,15D,16D,17D,18D,19D,20D,21D,22D,23D,24D,25D,26D,27D,28D,29D,30D,31D,32D,33D. The summed E-state index contributed by atoms with van der Waals surface area (Å²) in [5.41, 5.74) is -8.95. The second-order valence-electron chi connectivity index (χ2n) is 11.1. The lowest BCUT2D eigenvalue weighted by atomic mass is 9.94. The van der Waals surface area contributed by atoms with E-state index >= 15 is 0 Å². The van der Waals surface area contributed by atoms with Gasteiger partial charge in [0, 0.05) is 36.9 Å². The fraction of sp³-hybridized carbons (Fsp3) is 0. The number of thiophene rings is 1. The lowest BCUT2D eigenvalue weighted by molar-refractivity contribution is 1.08. The maximum absolute atomic E-state index is 9.98. The highest BCUT2D eigenvalue weighted by atomic mass is 32.1. The molecule has 8 aromatic carbocycles. The van der Waals surface area contributed by atoms with Crippen LogP contribution in [0.5, 0.6) is 0 Å². The summed E-state index contributed by atoms with van der Waals surface area (Å²) in [6.45, 7) is 0. The van der Waals surface area contributed by atoms with Crippen LogP contribution in [0.25, 0.3) is 98.8 Å². The monoisotopic (exact) mass is 752 g/mol. The molecule has 0 N–H and O–H groups in total. The van der Waals surface area contributed by atoms with Crippen LogP contribution in [0.4, 0.5) is 0 Å². The van der Waals surface area contributed by atoms with Gasteiger partial charge in [-0.15, -0.1) is 11.3 Å². The zero-order valence-electron chi connectivity index (χ0n) is 60.2. The van der Waals surface area contributed by atoms with Crippen molar-refractivity contribution < 1.29 is 45.2 Å². The third-order valence-corrected chi connectivity index (χ3v) is 9.08. The van der Waals surface area contributed by atoms with Crippen molar-refractivity contribution in [1.82, 2.24) is 15.0 Å². The van der Waals surface area contributed by atoms with Crippen molar-refractivity contribution >= 4 is 31.5 Å². The van der Waals surface area contributed by atoms with Crippen molar-refractivity contribution in [2.75, 3.05) is 0 Å². The Bertz CT molecular complexity index is 4700. The van der Waals surface area contributed by atoms with E-state index < -0.39 is 298 Å². The van der Waals surface area contributed by atoms with Crippen LogP contribution >= 0.6 is 11.3 Å². The van der Waals surface area contributed by atoms with Gasteiger partial charge < -0.3 is 0 Å². The molecule has 10 aromatic rings. The fourth-order valence-corrected chi connectivity index (χ4v) is 6.77. The Morgan fingerprint density at radius 2 is 0.709 bits per heavy atom. The number of hydrogen-bond acceptors (Lipinski definition) is 4. The highest BCUT2D eigenvalue weighted by molar-refractivity contribution is 7.27. The van der Waals surface area contributed by atoms with Crippen molar-refractivity contribution in [3.05, 3.63) is 199 Å². The van der Waals surface area contributed by atoms with Gasteiger partial charge in [-0.2, -0.15) is 0 Å². The molecule has 2 heterocycles. The second-order valence-corrected chi connectivity index (χ2v) is 12.1. The van der Waals surface area contributed by atoms with E-state index in [0.29, 0.717) is 11.3 Å². The van der Waals surface area contributed by atoms with E-state index in [-0.39, 0.29) is 0 Å². The third kappa shape index (κ3) is 6.19. The first-order valence-electron chi connectivity index (χ1n) is 32.2. The molecule has 4 heteroatoms. The maximum Gasteiger partial charge on any atom is 0.164 e. The van der Waals surface area contributed by atoms with Gasteiger partial charge in [-0.3, -0.25) is 0 Å². The van der Waals surface area contributed by atoms with Crippen LogP contribution in [-0.4, -0.2) is 15.0 Å². The molecule has 2 aromatic heterocycles. The second kappa shape index (κ2) is 14.1. The summed E-state index contributed by atoms with van der Waals surface area (Å²) in [5.74, 6) is -2.74. The van der Waals surface area contributed by atoms with Gasteiger partial charge in [0.1, 0.15) is 0 Å². The normalized spacial score (nSPS) is 19.7. The Hall–Kier alpha value is -7.01. The lowest BCUT2D eigenvalue weighted by Gasteiger charge is -2.12. The Kier molecular flexibility index (Phi) is 3.35. The third-order valence-electron chi connectivity index (χ3n) is 7.86. The predicted molar refractivity (Wildman–Crippen MR) is 231 cm³/mol. The SMILES string of the molecule is [2H]c1c([2H])c([2H])c(-c2nc(-c3c([2H])c([2H])c([2H])c([2H])c3[2H])nc(-c3c([2H])c([2H])c(-c4c([2H])c([2H])c([2H])c(-c5c([2H])c([2H])c([2H])c([2H])c5[2H])c4[2H])c4sc5c(-c6c([2H])c([2H])c([2H])c(-c7c([2H])c([2H])c([2H])c([2H])c7[2H])c6[2H])c([2H])c([2H])c([2H])c5c34)n2)c([2H])c1[2H]. The molecule has 0 aliphatic heterocycles. The summed E-state index contributed by atoms with van der Waals surface area (Å²) in [5, 5.41) is -1.26. The van der Waals surface area contributed by atoms with Crippen LogP contribution in [0.3, 0.4) is 0 Å². The Morgan fingerprint density at radius 1 is 0.309 bits per heavy atom. The van der Waals surface area contributed by atoms with Crippen molar-refractivity contribution in [1.29, 1.82) is 0 Å². The number of hydrogen-bond donors (Lipinski definition) is 0. The molecule has 0 fully saturated rings. The van der Waals surface area contributed by atoms with Crippen molar-refractivity contribution in [2.24, 2.45) is 0 Å². The van der Waals surface area contributed by atoms with Gasteiger partial charge in [0.2, 0.25) is 0 Å². The molecular formula is C51H33N3S. The molecule has 3 nitrogen and oxygen atoms in total.